The Labute approximate surface area is 134 Å². The molecule has 0 aliphatic rings. The van der Waals surface area contributed by atoms with Crippen LogP contribution in [0.3, 0.4) is 0 Å². The predicted octanol–water partition coefficient (Wildman–Crippen LogP) is 2.64. The van der Waals surface area contributed by atoms with E-state index in [1.54, 1.807) is 31.5 Å². The van der Waals surface area contributed by atoms with Crippen LogP contribution in [0.2, 0.25) is 0 Å². The number of pyridine rings is 1. The number of hydrogen-bond donors (Lipinski definition) is 2. The lowest BCUT2D eigenvalue weighted by Crippen LogP contribution is -2.26. The van der Waals surface area contributed by atoms with Gasteiger partial charge < -0.3 is 5.11 Å². The molecule has 0 bridgehead atoms. The first-order chi connectivity index (χ1) is 9.81. The highest BCUT2D eigenvalue weighted by molar-refractivity contribution is 9.11. The summed E-state index contributed by atoms with van der Waals surface area (Å²) in [6.07, 6.45) is 3.16. The molecular weight excluding hydrogens is 380 g/mol. The van der Waals surface area contributed by atoms with E-state index in [0.29, 0.717) is 5.56 Å². The summed E-state index contributed by atoms with van der Waals surface area (Å²) in [5.41, 5.74) is 0.714. The molecule has 0 unspecified atom stereocenters. The van der Waals surface area contributed by atoms with Crippen molar-refractivity contribution >= 4 is 43.3 Å². The third-order valence-corrected chi connectivity index (χ3v) is 6.45. The summed E-state index contributed by atoms with van der Waals surface area (Å²) in [6.45, 7) is 1.69. The summed E-state index contributed by atoms with van der Waals surface area (Å²) in [5.74, 6) is -1.16. The molecule has 2 aromatic rings. The van der Waals surface area contributed by atoms with Gasteiger partial charge in [0.1, 0.15) is 9.77 Å². The van der Waals surface area contributed by atoms with Gasteiger partial charge in [-0.3, -0.25) is 4.98 Å². The van der Waals surface area contributed by atoms with Gasteiger partial charge in [0.05, 0.1) is 3.79 Å². The Bertz CT molecular complexity index is 759. The normalized spacial score (nSPS) is 13.0. The number of nitrogens with one attached hydrogen (secondary N) is 1. The summed E-state index contributed by atoms with van der Waals surface area (Å²) in [4.78, 5) is 14.7. The SMILES string of the molecule is C[C@@H](NS(=O)(=O)c1cc(C(=O)O)sc1Br)c1cccnc1. The Morgan fingerprint density at radius 2 is 2.24 bits per heavy atom. The fourth-order valence-corrected chi connectivity index (χ4v) is 5.27. The minimum Gasteiger partial charge on any atom is -0.477 e. The van der Waals surface area contributed by atoms with Gasteiger partial charge in [-0.2, -0.15) is 0 Å². The lowest BCUT2D eigenvalue weighted by Gasteiger charge is -2.13. The molecule has 0 aromatic carbocycles. The van der Waals surface area contributed by atoms with Gasteiger partial charge in [-0.05, 0) is 40.5 Å². The number of rotatable bonds is 5. The molecule has 1 atom stereocenters. The second kappa shape index (κ2) is 6.22. The molecule has 0 amide bonds. The van der Waals surface area contributed by atoms with Crippen molar-refractivity contribution in [3.8, 4) is 0 Å². The summed E-state index contributed by atoms with van der Waals surface area (Å²) in [5, 5.41) is 8.91. The maximum atomic E-state index is 12.3. The number of hydrogen-bond acceptors (Lipinski definition) is 5. The first-order valence-electron chi connectivity index (χ1n) is 5.76. The molecule has 0 fully saturated rings. The summed E-state index contributed by atoms with van der Waals surface area (Å²) < 4.78 is 27.4. The third kappa shape index (κ3) is 3.67. The number of aromatic carboxylic acids is 1. The number of halogens is 1. The van der Waals surface area contributed by atoms with Crippen molar-refractivity contribution in [1.82, 2.24) is 9.71 Å². The Hall–Kier alpha value is -1.29. The average molecular weight is 391 g/mol. The van der Waals surface area contributed by atoms with Gasteiger partial charge in [0.2, 0.25) is 10.0 Å². The molecule has 0 saturated heterocycles. The van der Waals surface area contributed by atoms with Gasteiger partial charge in [0, 0.05) is 18.4 Å². The fourth-order valence-electron chi connectivity index (χ4n) is 1.64. The largest absolute Gasteiger partial charge is 0.477 e. The summed E-state index contributed by atoms with van der Waals surface area (Å²) in [7, 11) is -3.83. The Kier molecular flexibility index (Phi) is 4.77. The highest BCUT2D eigenvalue weighted by Crippen LogP contribution is 2.32. The van der Waals surface area contributed by atoms with Crippen LogP contribution in [0.1, 0.15) is 28.2 Å². The average Bonchev–Trinajstić information content (AvgIpc) is 2.82. The molecular formula is C12H11BrN2O4S2. The fraction of sp³-hybridized carbons (Fsp3) is 0.167. The third-order valence-electron chi connectivity index (χ3n) is 2.67. The number of carbonyl (C=O) groups is 1. The van der Waals surface area contributed by atoms with E-state index in [0.717, 1.165) is 17.4 Å². The molecule has 21 heavy (non-hydrogen) atoms. The smallest absolute Gasteiger partial charge is 0.345 e. The second-order valence-corrected chi connectivity index (χ2v) is 8.24. The van der Waals surface area contributed by atoms with Crippen molar-refractivity contribution in [3.63, 3.8) is 0 Å². The first kappa shape index (κ1) is 16.1. The van der Waals surface area contributed by atoms with E-state index in [2.05, 4.69) is 25.6 Å². The Balaban J connectivity index is 2.29. The van der Waals surface area contributed by atoms with Crippen LogP contribution in [0.15, 0.2) is 39.3 Å². The number of nitrogens with zero attached hydrogens (tertiary/aromatic N) is 1. The number of aromatic nitrogens is 1. The summed E-state index contributed by atoms with van der Waals surface area (Å²) >= 11 is 3.95. The standard InChI is InChI=1S/C12H11BrN2O4S2/c1-7(8-3-2-4-14-6-8)15-21(18,19)10-5-9(12(16)17)20-11(10)13/h2-7,15H,1H3,(H,16,17)/t7-/m1/s1. The predicted molar refractivity (Wildman–Crippen MR) is 82.0 cm³/mol. The minimum atomic E-state index is -3.83. The molecule has 112 valence electrons. The molecule has 0 aliphatic heterocycles. The van der Waals surface area contributed by atoms with Crippen molar-refractivity contribution < 1.29 is 18.3 Å². The van der Waals surface area contributed by atoms with Crippen molar-refractivity contribution in [2.75, 3.05) is 0 Å². The molecule has 9 heteroatoms. The molecule has 0 spiro atoms. The van der Waals surface area contributed by atoms with Gasteiger partial charge in [-0.1, -0.05) is 6.07 Å². The van der Waals surface area contributed by atoms with Crippen LogP contribution in [0.5, 0.6) is 0 Å². The molecule has 2 rings (SSSR count). The molecule has 0 aliphatic carbocycles. The molecule has 6 nitrogen and oxygen atoms in total. The molecule has 0 saturated carbocycles. The maximum absolute atomic E-state index is 12.3. The lowest BCUT2D eigenvalue weighted by atomic mass is 10.2. The van der Waals surface area contributed by atoms with Crippen LogP contribution in [-0.4, -0.2) is 24.5 Å². The van der Waals surface area contributed by atoms with E-state index in [9.17, 15) is 13.2 Å². The van der Waals surface area contributed by atoms with Crippen LogP contribution < -0.4 is 4.72 Å². The molecule has 2 N–H and O–H groups in total. The minimum absolute atomic E-state index is 0.0451. The van der Waals surface area contributed by atoms with Crippen LogP contribution >= 0.6 is 27.3 Å². The van der Waals surface area contributed by atoms with Crippen LogP contribution in [0.25, 0.3) is 0 Å². The molecule has 2 heterocycles. The highest BCUT2D eigenvalue weighted by atomic mass is 79.9. The van der Waals surface area contributed by atoms with Crippen molar-refractivity contribution in [2.45, 2.75) is 17.9 Å². The van der Waals surface area contributed by atoms with Gasteiger partial charge in [-0.15, -0.1) is 11.3 Å². The lowest BCUT2D eigenvalue weighted by molar-refractivity contribution is 0.0702. The van der Waals surface area contributed by atoms with Crippen molar-refractivity contribution in [1.29, 1.82) is 0 Å². The van der Waals surface area contributed by atoms with E-state index in [-0.39, 0.29) is 13.6 Å². The second-order valence-electron chi connectivity index (χ2n) is 4.18. The number of carboxylic acid groups (broad SMARTS) is 1. The zero-order valence-corrected chi connectivity index (χ0v) is 14.0. The zero-order chi connectivity index (χ0) is 15.6. The van der Waals surface area contributed by atoms with E-state index >= 15 is 0 Å². The number of sulfonamides is 1. The van der Waals surface area contributed by atoms with Crippen LogP contribution in [0.4, 0.5) is 0 Å². The van der Waals surface area contributed by atoms with Crippen molar-refractivity contribution in [3.05, 3.63) is 44.8 Å². The zero-order valence-electron chi connectivity index (χ0n) is 10.8. The maximum Gasteiger partial charge on any atom is 0.345 e. The first-order valence-corrected chi connectivity index (χ1v) is 8.85. The van der Waals surface area contributed by atoms with Crippen LogP contribution in [-0.2, 0) is 10.0 Å². The Morgan fingerprint density at radius 3 is 2.76 bits per heavy atom. The van der Waals surface area contributed by atoms with Gasteiger partial charge in [0.15, 0.2) is 0 Å². The quantitative estimate of drug-likeness (QED) is 0.817. The number of carboxylic acids is 1. The van der Waals surface area contributed by atoms with Crippen molar-refractivity contribution in [2.24, 2.45) is 0 Å². The van der Waals surface area contributed by atoms with E-state index in [1.807, 2.05) is 0 Å². The van der Waals surface area contributed by atoms with Gasteiger partial charge in [-0.25, -0.2) is 17.9 Å². The molecule has 2 aromatic heterocycles. The van der Waals surface area contributed by atoms with E-state index in [4.69, 9.17) is 5.11 Å². The number of thiophene rings is 1. The van der Waals surface area contributed by atoms with Gasteiger partial charge >= 0.3 is 5.97 Å². The van der Waals surface area contributed by atoms with E-state index < -0.39 is 22.0 Å². The monoisotopic (exact) mass is 390 g/mol. The molecule has 0 radical (unpaired) electrons. The highest BCUT2D eigenvalue weighted by Gasteiger charge is 2.25. The summed E-state index contributed by atoms with van der Waals surface area (Å²) in [6, 6.07) is 4.12. The van der Waals surface area contributed by atoms with Gasteiger partial charge in [0.25, 0.3) is 0 Å². The van der Waals surface area contributed by atoms with E-state index in [1.165, 1.54) is 0 Å². The Morgan fingerprint density at radius 1 is 1.52 bits per heavy atom. The van der Waals surface area contributed by atoms with Crippen LogP contribution in [0, 0.1) is 0 Å². The topological polar surface area (TPSA) is 96.4 Å².